The lowest BCUT2D eigenvalue weighted by molar-refractivity contribution is -0.143. The summed E-state index contributed by atoms with van der Waals surface area (Å²) in [5, 5.41) is 5.16. The molecule has 0 radical (unpaired) electrons. The van der Waals surface area contributed by atoms with E-state index in [4.69, 9.17) is 9.15 Å². The lowest BCUT2D eigenvalue weighted by atomic mass is 10.1. The first-order valence-corrected chi connectivity index (χ1v) is 9.25. The van der Waals surface area contributed by atoms with E-state index in [0.29, 0.717) is 16.8 Å². The molecule has 0 aliphatic heterocycles. The molecule has 0 aliphatic carbocycles. The quantitative estimate of drug-likeness (QED) is 0.460. The summed E-state index contributed by atoms with van der Waals surface area (Å²) in [5.41, 5.74) is 3.84. The van der Waals surface area contributed by atoms with E-state index in [1.165, 1.54) is 6.08 Å². The minimum atomic E-state index is -0.729. The maximum atomic E-state index is 12.0. The van der Waals surface area contributed by atoms with Crippen molar-refractivity contribution in [3.05, 3.63) is 65.6 Å². The Labute approximate surface area is 172 Å². The Morgan fingerprint density at radius 2 is 1.77 bits per heavy atom. The molecule has 0 spiro atoms. The smallest absolute Gasteiger partial charge is 0.331 e. The molecule has 8 nitrogen and oxygen atoms in total. The van der Waals surface area contributed by atoms with Crippen LogP contribution < -0.4 is 10.6 Å². The number of benzene rings is 2. The molecule has 0 fully saturated rings. The molecule has 3 aromatic rings. The summed E-state index contributed by atoms with van der Waals surface area (Å²) >= 11 is 0. The van der Waals surface area contributed by atoms with Crippen molar-refractivity contribution in [2.24, 2.45) is 0 Å². The molecule has 1 heterocycles. The molecule has 0 saturated heterocycles. The molecule has 0 saturated carbocycles. The van der Waals surface area contributed by atoms with Gasteiger partial charge in [-0.25, -0.2) is 9.78 Å². The van der Waals surface area contributed by atoms with Crippen LogP contribution in [-0.4, -0.2) is 35.9 Å². The third kappa shape index (κ3) is 5.54. The van der Waals surface area contributed by atoms with Crippen molar-refractivity contribution in [3.63, 3.8) is 0 Å². The fraction of sp³-hybridized carbons (Fsp3) is 0.182. The number of para-hydroxylation sites is 3. The molecule has 1 aromatic heterocycles. The second kappa shape index (κ2) is 9.51. The lowest BCUT2D eigenvalue weighted by Gasteiger charge is -2.11. The van der Waals surface area contributed by atoms with Gasteiger partial charge in [-0.15, -0.1) is 0 Å². The van der Waals surface area contributed by atoms with Gasteiger partial charge in [0.1, 0.15) is 5.52 Å². The van der Waals surface area contributed by atoms with E-state index in [2.05, 4.69) is 15.6 Å². The van der Waals surface area contributed by atoms with Gasteiger partial charge in [0.15, 0.2) is 12.2 Å². The number of carbonyl (C=O) groups is 3. The van der Waals surface area contributed by atoms with Crippen LogP contribution in [0, 0.1) is 13.8 Å². The maximum absolute atomic E-state index is 12.0. The molecule has 2 aromatic carbocycles. The van der Waals surface area contributed by atoms with Crippen molar-refractivity contribution in [1.82, 2.24) is 10.3 Å². The molecule has 0 aliphatic rings. The number of hydrogen-bond donors (Lipinski definition) is 2. The van der Waals surface area contributed by atoms with Gasteiger partial charge in [0, 0.05) is 17.8 Å². The van der Waals surface area contributed by atoms with E-state index in [-0.39, 0.29) is 18.3 Å². The first-order valence-electron chi connectivity index (χ1n) is 9.25. The van der Waals surface area contributed by atoms with E-state index < -0.39 is 18.5 Å². The van der Waals surface area contributed by atoms with E-state index in [1.54, 1.807) is 12.1 Å². The number of esters is 1. The number of nitrogens with one attached hydrogen (secondary N) is 2. The van der Waals surface area contributed by atoms with Crippen LogP contribution in [0.4, 0.5) is 5.69 Å². The fourth-order valence-electron chi connectivity index (χ4n) is 2.71. The average molecular weight is 407 g/mol. The Morgan fingerprint density at radius 1 is 1.03 bits per heavy atom. The number of nitrogens with zero attached hydrogens (tertiary/aromatic N) is 1. The summed E-state index contributed by atoms with van der Waals surface area (Å²) in [4.78, 5) is 39.8. The molecule has 0 unspecified atom stereocenters. The van der Waals surface area contributed by atoms with Crippen molar-refractivity contribution >= 4 is 40.6 Å². The van der Waals surface area contributed by atoms with Crippen LogP contribution in [0.5, 0.6) is 0 Å². The minimum Gasteiger partial charge on any atom is -0.452 e. The minimum absolute atomic E-state index is 0.233. The Morgan fingerprint density at radius 3 is 2.50 bits per heavy atom. The molecule has 30 heavy (non-hydrogen) atoms. The summed E-state index contributed by atoms with van der Waals surface area (Å²) in [6.07, 6.45) is 2.48. The highest BCUT2D eigenvalue weighted by Gasteiger charge is 2.10. The van der Waals surface area contributed by atoms with Crippen LogP contribution in [0.1, 0.15) is 17.0 Å². The number of ether oxygens (including phenoxy) is 1. The molecule has 154 valence electrons. The topological polar surface area (TPSA) is 111 Å². The molecule has 3 rings (SSSR count). The van der Waals surface area contributed by atoms with Crippen molar-refractivity contribution in [2.45, 2.75) is 13.8 Å². The predicted octanol–water partition coefficient (Wildman–Crippen LogP) is 2.76. The Bertz CT molecular complexity index is 1060. The SMILES string of the molecule is Cc1cccc(C)c1NC(=O)CNC(=O)COC(=O)/C=C/c1nc2ccccc2o1. The lowest BCUT2D eigenvalue weighted by Crippen LogP contribution is -2.35. The summed E-state index contributed by atoms with van der Waals surface area (Å²) < 4.78 is 10.3. The number of hydrogen-bond acceptors (Lipinski definition) is 6. The molecule has 0 atom stereocenters. The van der Waals surface area contributed by atoms with Crippen LogP contribution in [0.25, 0.3) is 17.2 Å². The maximum Gasteiger partial charge on any atom is 0.331 e. The Kier molecular flexibility index (Phi) is 6.59. The van der Waals surface area contributed by atoms with Gasteiger partial charge < -0.3 is 19.8 Å². The third-order valence-electron chi connectivity index (χ3n) is 4.21. The second-order valence-electron chi connectivity index (χ2n) is 6.55. The molecular weight excluding hydrogens is 386 g/mol. The standard InChI is InChI=1S/C22H21N3O5/c1-14-6-5-7-15(2)22(14)25-18(26)12-23-19(27)13-29-21(28)11-10-20-24-16-8-3-4-9-17(16)30-20/h3-11H,12-13H2,1-2H3,(H,23,27)(H,25,26)/b11-10+. The number of anilines is 1. The third-order valence-corrected chi connectivity index (χ3v) is 4.21. The van der Waals surface area contributed by atoms with Crippen molar-refractivity contribution < 1.29 is 23.5 Å². The molecule has 0 bridgehead atoms. The van der Waals surface area contributed by atoms with Crippen LogP contribution in [-0.2, 0) is 19.1 Å². The number of fused-ring (bicyclic) bond motifs is 1. The zero-order chi connectivity index (χ0) is 21.5. The largest absolute Gasteiger partial charge is 0.452 e. The van der Waals surface area contributed by atoms with Crippen LogP contribution >= 0.6 is 0 Å². The van der Waals surface area contributed by atoms with Crippen molar-refractivity contribution in [1.29, 1.82) is 0 Å². The zero-order valence-corrected chi connectivity index (χ0v) is 16.6. The van der Waals surface area contributed by atoms with Gasteiger partial charge in [0.25, 0.3) is 5.91 Å². The number of aromatic nitrogens is 1. The monoisotopic (exact) mass is 407 g/mol. The molecule has 2 amide bonds. The number of oxazole rings is 1. The highest BCUT2D eigenvalue weighted by Crippen LogP contribution is 2.19. The van der Waals surface area contributed by atoms with Crippen LogP contribution in [0.3, 0.4) is 0 Å². The Hall–Kier alpha value is -3.94. The number of carbonyl (C=O) groups excluding carboxylic acids is 3. The Balaban J connectivity index is 1.41. The highest BCUT2D eigenvalue weighted by atomic mass is 16.5. The normalized spacial score (nSPS) is 10.9. The second-order valence-corrected chi connectivity index (χ2v) is 6.55. The van der Waals surface area contributed by atoms with Gasteiger partial charge in [-0.2, -0.15) is 0 Å². The molecule has 8 heteroatoms. The number of rotatable bonds is 7. The summed E-state index contributed by atoms with van der Waals surface area (Å²) in [7, 11) is 0. The first-order chi connectivity index (χ1) is 14.4. The first kappa shape index (κ1) is 20.8. The van der Waals surface area contributed by atoms with Crippen molar-refractivity contribution in [2.75, 3.05) is 18.5 Å². The summed E-state index contributed by atoms with van der Waals surface area (Å²) in [6, 6.07) is 12.9. The molecule has 2 N–H and O–H groups in total. The van der Waals surface area contributed by atoms with Gasteiger partial charge in [0.05, 0.1) is 6.54 Å². The van der Waals surface area contributed by atoms with Gasteiger partial charge >= 0.3 is 5.97 Å². The van der Waals surface area contributed by atoms with Gasteiger partial charge in [-0.3, -0.25) is 9.59 Å². The van der Waals surface area contributed by atoms with Gasteiger partial charge in [-0.1, -0.05) is 30.3 Å². The zero-order valence-electron chi connectivity index (χ0n) is 16.6. The van der Waals surface area contributed by atoms with Crippen molar-refractivity contribution in [3.8, 4) is 0 Å². The molecular formula is C22H21N3O5. The number of amides is 2. The van der Waals surface area contributed by atoms with Crippen LogP contribution in [0.15, 0.2) is 53.0 Å². The highest BCUT2D eigenvalue weighted by molar-refractivity contribution is 5.96. The fourth-order valence-corrected chi connectivity index (χ4v) is 2.71. The number of aryl methyl sites for hydroxylation is 2. The van der Waals surface area contributed by atoms with E-state index >= 15 is 0 Å². The summed E-state index contributed by atoms with van der Waals surface area (Å²) in [5.74, 6) is -1.44. The van der Waals surface area contributed by atoms with Crippen LogP contribution in [0.2, 0.25) is 0 Å². The predicted molar refractivity (Wildman–Crippen MR) is 112 cm³/mol. The van der Waals surface area contributed by atoms with E-state index in [1.807, 2.05) is 44.2 Å². The average Bonchev–Trinajstić information content (AvgIpc) is 3.15. The van der Waals surface area contributed by atoms with Gasteiger partial charge in [-0.05, 0) is 37.1 Å². The van der Waals surface area contributed by atoms with Gasteiger partial charge in [0.2, 0.25) is 11.8 Å². The summed E-state index contributed by atoms with van der Waals surface area (Å²) in [6.45, 7) is 3.03. The van der Waals surface area contributed by atoms with E-state index in [9.17, 15) is 14.4 Å². The van der Waals surface area contributed by atoms with E-state index in [0.717, 1.165) is 17.2 Å².